The van der Waals surface area contributed by atoms with Gasteiger partial charge in [0.05, 0.1) is 17.5 Å². The smallest absolute Gasteiger partial charge is 0.261 e. The molecule has 1 saturated heterocycles. The molecule has 0 saturated carbocycles. The van der Waals surface area contributed by atoms with Gasteiger partial charge in [-0.1, -0.05) is 5.16 Å². The number of benzene rings is 1. The van der Waals surface area contributed by atoms with E-state index >= 15 is 0 Å². The van der Waals surface area contributed by atoms with Crippen LogP contribution in [0.25, 0.3) is 28.0 Å². The molecule has 0 amide bonds. The summed E-state index contributed by atoms with van der Waals surface area (Å²) in [6.07, 6.45) is 8.77. The highest BCUT2D eigenvalue weighted by Crippen LogP contribution is 2.25. The number of hydrogen-bond donors (Lipinski definition) is 3. The van der Waals surface area contributed by atoms with Crippen LogP contribution in [0.2, 0.25) is 0 Å². The number of hydrogen-bond acceptors (Lipinski definition) is 9. The summed E-state index contributed by atoms with van der Waals surface area (Å²) in [5.41, 5.74) is 5.02. The summed E-state index contributed by atoms with van der Waals surface area (Å²) in [6.45, 7) is 6.39. The van der Waals surface area contributed by atoms with Gasteiger partial charge in [-0.15, -0.1) is 0 Å². The fraction of sp³-hybridized carbons (Fsp3) is 0.296. The Morgan fingerprint density at radius 1 is 1.11 bits per heavy atom. The molecule has 0 spiro atoms. The molecule has 5 aromatic rings. The van der Waals surface area contributed by atoms with Crippen molar-refractivity contribution in [2.45, 2.75) is 39.3 Å². The first-order chi connectivity index (χ1) is 18.6. The topological polar surface area (TPSA) is 128 Å². The van der Waals surface area contributed by atoms with Gasteiger partial charge >= 0.3 is 0 Å². The van der Waals surface area contributed by atoms with Gasteiger partial charge in [0.1, 0.15) is 23.9 Å². The van der Waals surface area contributed by atoms with E-state index in [-0.39, 0.29) is 5.56 Å². The number of piperidine rings is 1. The molecule has 1 fully saturated rings. The molecule has 1 aliphatic rings. The molecule has 0 atom stereocenters. The van der Waals surface area contributed by atoms with E-state index in [9.17, 15) is 4.79 Å². The largest absolute Gasteiger partial charge is 0.382 e. The molecule has 11 nitrogen and oxygen atoms in total. The Morgan fingerprint density at radius 2 is 1.89 bits per heavy atom. The van der Waals surface area contributed by atoms with Crippen LogP contribution in [0.3, 0.4) is 0 Å². The van der Waals surface area contributed by atoms with Gasteiger partial charge in [-0.25, -0.2) is 9.97 Å². The molecule has 194 valence electrons. The lowest BCUT2D eigenvalue weighted by atomic mass is 10.1. The Kier molecular flexibility index (Phi) is 6.34. The summed E-state index contributed by atoms with van der Waals surface area (Å²) in [5, 5.41) is 14.8. The second-order valence-corrected chi connectivity index (χ2v) is 9.38. The SMILES string of the molecule is CCn1c(=O)c(-c2ncn(-c3cnoc3)c2C)cc2cnc(Nc3ccc(NC4CCNCC4)cc3)nc21. The van der Waals surface area contributed by atoms with Crippen molar-refractivity contribution in [3.05, 3.63) is 71.4 Å². The van der Waals surface area contributed by atoms with Gasteiger partial charge in [0.25, 0.3) is 5.56 Å². The lowest BCUT2D eigenvalue weighted by Gasteiger charge is -2.24. The van der Waals surface area contributed by atoms with E-state index < -0.39 is 0 Å². The van der Waals surface area contributed by atoms with Gasteiger partial charge in [0.2, 0.25) is 5.95 Å². The predicted octanol–water partition coefficient (Wildman–Crippen LogP) is 3.87. The van der Waals surface area contributed by atoms with Gasteiger partial charge in [-0.3, -0.25) is 13.9 Å². The third-order valence-corrected chi connectivity index (χ3v) is 6.95. The summed E-state index contributed by atoms with van der Waals surface area (Å²) in [6, 6.07) is 10.4. The first-order valence-corrected chi connectivity index (χ1v) is 12.8. The molecule has 11 heteroatoms. The highest BCUT2D eigenvalue weighted by atomic mass is 16.5. The third-order valence-electron chi connectivity index (χ3n) is 6.95. The van der Waals surface area contributed by atoms with Crippen molar-refractivity contribution in [1.29, 1.82) is 0 Å². The van der Waals surface area contributed by atoms with Crippen LogP contribution in [-0.2, 0) is 6.54 Å². The predicted molar refractivity (Wildman–Crippen MR) is 146 cm³/mol. The summed E-state index contributed by atoms with van der Waals surface area (Å²) >= 11 is 0. The van der Waals surface area contributed by atoms with E-state index in [4.69, 9.17) is 9.51 Å². The van der Waals surface area contributed by atoms with Crippen molar-refractivity contribution in [2.24, 2.45) is 0 Å². The monoisotopic (exact) mass is 511 g/mol. The average Bonchev–Trinajstić information content (AvgIpc) is 3.60. The van der Waals surface area contributed by atoms with Crippen LogP contribution in [0.4, 0.5) is 17.3 Å². The average molecular weight is 512 g/mol. The lowest BCUT2D eigenvalue weighted by Crippen LogP contribution is -2.35. The zero-order valence-corrected chi connectivity index (χ0v) is 21.3. The highest BCUT2D eigenvalue weighted by molar-refractivity contribution is 5.81. The number of aryl methyl sites for hydroxylation is 1. The second kappa shape index (κ2) is 10.1. The standard InChI is InChI=1S/C27H29N9O2/c1-3-35-25-18(12-23(26(35)37)24-17(2)36(16-30-24)22-14-31-38-15-22)13-29-27(34-25)33-20-6-4-19(5-7-20)32-21-8-10-28-11-9-21/h4-7,12-16,21,28,32H,3,8-11H2,1-2H3,(H,29,33,34). The molecule has 6 rings (SSSR count). The molecule has 1 aliphatic heterocycles. The Hall–Kier alpha value is -4.51. The number of pyridine rings is 1. The molecular weight excluding hydrogens is 482 g/mol. The van der Waals surface area contributed by atoms with Gasteiger partial charge in [-0.2, -0.15) is 4.98 Å². The summed E-state index contributed by atoms with van der Waals surface area (Å²) in [7, 11) is 0. The van der Waals surface area contributed by atoms with Crippen LogP contribution in [0.15, 0.2) is 64.6 Å². The Bertz CT molecular complexity index is 1620. The number of rotatable bonds is 7. The number of aromatic nitrogens is 6. The lowest BCUT2D eigenvalue weighted by molar-refractivity contribution is 0.419. The van der Waals surface area contributed by atoms with E-state index in [1.165, 1.54) is 6.26 Å². The minimum atomic E-state index is -0.156. The molecule has 0 bridgehead atoms. The zero-order chi connectivity index (χ0) is 26.1. The molecule has 38 heavy (non-hydrogen) atoms. The van der Waals surface area contributed by atoms with Gasteiger partial charge < -0.3 is 20.5 Å². The molecule has 4 aromatic heterocycles. The summed E-state index contributed by atoms with van der Waals surface area (Å²) in [5.74, 6) is 0.429. The maximum Gasteiger partial charge on any atom is 0.261 e. The molecule has 0 radical (unpaired) electrons. The van der Waals surface area contributed by atoms with Crippen molar-refractivity contribution in [3.63, 3.8) is 0 Å². The maximum absolute atomic E-state index is 13.5. The Morgan fingerprint density at radius 3 is 2.63 bits per heavy atom. The normalized spacial score (nSPS) is 14.2. The van der Waals surface area contributed by atoms with Crippen LogP contribution >= 0.6 is 0 Å². The van der Waals surface area contributed by atoms with Crippen LogP contribution in [0.5, 0.6) is 0 Å². The van der Waals surface area contributed by atoms with Crippen LogP contribution in [0, 0.1) is 6.92 Å². The van der Waals surface area contributed by atoms with Crippen molar-refractivity contribution < 1.29 is 4.52 Å². The van der Waals surface area contributed by atoms with E-state index in [0.29, 0.717) is 35.4 Å². The van der Waals surface area contributed by atoms with Crippen molar-refractivity contribution in [3.8, 4) is 16.9 Å². The van der Waals surface area contributed by atoms with Crippen molar-refractivity contribution >= 4 is 28.4 Å². The van der Waals surface area contributed by atoms with E-state index in [0.717, 1.165) is 54.1 Å². The van der Waals surface area contributed by atoms with Gasteiger partial charge in [0, 0.05) is 41.2 Å². The van der Waals surface area contributed by atoms with E-state index in [1.807, 2.05) is 36.6 Å². The number of fused-ring (bicyclic) bond motifs is 1. The summed E-state index contributed by atoms with van der Waals surface area (Å²) in [4.78, 5) is 27.3. The molecule has 1 aromatic carbocycles. The fourth-order valence-electron chi connectivity index (χ4n) is 4.92. The van der Waals surface area contributed by atoms with Crippen molar-refractivity contribution in [2.75, 3.05) is 23.7 Å². The maximum atomic E-state index is 13.5. The summed E-state index contributed by atoms with van der Waals surface area (Å²) < 4.78 is 8.44. The third kappa shape index (κ3) is 4.52. The highest BCUT2D eigenvalue weighted by Gasteiger charge is 2.18. The fourth-order valence-corrected chi connectivity index (χ4v) is 4.92. The number of imidazole rings is 1. The quantitative estimate of drug-likeness (QED) is 0.298. The Labute approximate surface area is 218 Å². The minimum Gasteiger partial charge on any atom is -0.382 e. The number of nitrogens with one attached hydrogen (secondary N) is 3. The Balaban J connectivity index is 1.28. The second-order valence-electron chi connectivity index (χ2n) is 9.38. The van der Waals surface area contributed by atoms with Gasteiger partial charge in [0.15, 0.2) is 0 Å². The van der Waals surface area contributed by atoms with Gasteiger partial charge in [-0.05, 0) is 70.1 Å². The molecular formula is C27H29N9O2. The minimum absolute atomic E-state index is 0.156. The zero-order valence-electron chi connectivity index (χ0n) is 21.3. The molecule has 5 heterocycles. The van der Waals surface area contributed by atoms with Crippen LogP contribution in [0.1, 0.15) is 25.5 Å². The molecule has 3 N–H and O–H groups in total. The number of anilines is 3. The first-order valence-electron chi connectivity index (χ1n) is 12.8. The molecule has 0 aliphatic carbocycles. The van der Waals surface area contributed by atoms with Crippen molar-refractivity contribution in [1.82, 2.24) is 34.6 Å². The molecule has 0 unspecified atom stereocenters. The van der Waals surface area contributed by atoms with E-state index in [1.54, 1.807) is 23.3 Å². The first kappa shape index (κ1) is 23.9. The van der Waals surface area contributed by atoms with Crippen LogP contribution < -0.4 is 21.5 Å². The number of nitrogens with zero attached hydrogens (tertiary/aromatic N) is 6. The van der Waals surface area contributed by atoms with E-state index in [2.05, 4.69) is 43.2 Å². The van der Waals surface area contributed by atoms with Crippen LogP contribution in [-0.4, -0.2) is 48.4 Å².